The van der Waals surface area contributed by atoms with Crippen molar-refractivity contribution in [3.8, 4) is 0 Å². The van der Waals surface area contributed by atoms with Crippen molar-refractivity contribution in [2.45, 2.75) is 19.4 Å². The van der Waals surface area contributed by atoms with Crippen molar-refractivity contribution >= 4 is 50.9 Å². The fourth-order valence-electron chi connectivity index (χ4n) is 5.28. The van der Waals surface area contributed by atoms with Gasteiger partial charge >= 0.3 is 5.97 Å². The number of hydrogen-bond donors (Lipinski definition) is 0. The lowest BCUT2D eigenvalue weighted by molar-refractivity contribution is -0.121. The highest BCUT2D eigenvalue weighted by Crippen LogP contribution is 2.54. The predicted molar refractivity (Wildman–Crippen MR) is 142 cm³/mol. The number of fused-ring (bicyclic) bond motifs is 5. The van der Waals surface area contributed by atoms with Gasteiger partial charge in [-0.05, 0) is 32.0 Å². The number of hydrogen-bond acceptors (Lipinski definition) is 8. The largest absolute Gasteiger partial charge is 0.462 e. The Bertz CT molecular complexity index is 1760. The summed E-state index contributed by atoms with van der Waals surface area (Å²) in [7, 11) is 0. The van der Waals surface area contributed by atoms with E-state index < -0.39 is 28.8 Å². The molecule has 190 valence electrons. The number of aryl methyl sites for hydroxylation is 1. The Balaban J connectivity index is 1.72. The van der Waals surface area contributed by atoms with Crippen LogP contribution in [0.15, 0.2) is 70.4 Å². The molecule has 2 amide bonds. The predicted octanol–water partition coefficient (Wildman–Crippen LogP) is 4.17. The molecule has 2 aromatic heterocycles. The maximum Gasteiger partial charge on any atom is 0.350 e. The van der Waals surface area contributed by atoms with Crippen LogP contribution in [0.25, 0.3) is 11.0 Å². The number of esters is 1. The molecule has 0 bridgehead atoms. The Morgan fingerprint density at radius 1 is 1.16 bits per heavy atom. The second kappa shape index (κ2) is 8.49. The SMILES string of the molecule is C=CCN1C(=O)C2(c3ccccc31)c1c(oc3ccccc3c1=O)C(=O)N2c1nc(C)c(C(=O)OCC)s1. The Morgan fingerprint density at radius 3 is 2.66 bits per heavy atom. The van der Waals surface area contributed by atoms with Crippen molar-refractivity contribution in [3.05, 3.63) is 98.9 Å². The first-order chi connectivity index (χ1) is 18.4. The Hall–Kier alpha value is -4.57. The Kier molecular flexibility index (Phi) is 5.32. The smallest absolute Gasteiger partial charge is 0.350 e. The van der Waals surface area contributed by atoms with Gasteiger partial charge in [-0.3, -0.25) is 19.3 Å². The first-order valence-corrected chi connectivity index (χ1v) is 12.8. The van der Waals surface area contributed by atoms with Gasteiger partial charge < -0.3 is 14.1 Å². The molecule has 2 aliphatic rings. The van der Waals surface area contributed by atoms with E-state index in [-0.39, 0.29) is 45.5 Å². The number of amides is 2. The molecule has 2 aliphatic heterocycles. The fraction of sp³-hybridized carbons (Fsp3) is 0.179. The van der Waals surface area contributed by atoms with Gasteiger partial charge in [0.15, 0.2) is 16.1 Å². The van der Waals surface area contributed by atoms with E-state index in [1.54, 1.807) is 68.5 Å². The summed E-state index contributed by atoms with van der Waals surface area (Å²) in [6.45, 7) is 7.41. The maximum atomic E-state index is 14.5. The standard InChI is InChI=1S/C28H21N3O6S/c1-4-14-30-18-12-8-7-11-17(18)28(26(30)35)20-21(32)16-10-6-9-13-19(16)37-22(20)24(33)31(28)27-29-15(3)23(38-27)25(34)36-5-2/h4,6-13H,1,5,14H2,2-3H3. The van der Waals surface area contributed by atoms with Gasteiger partial charge in [0.05, 0.1) is 28.9 Å². The van der Waals surface area contributed by atoms with Crippen LogP contribution in [0.4, 0.5) is 10.8 Å². The third kappa shape index (κ3) is 2.94. The number of thiazole rings is 1. The van der Waals surface area contributed by atoms with Gasteiger partial charge in [-0.15, -0.1) is 6.58 Å². The highest BCUT2D eigenvalue weighted by Gasteiger charge is 2.66. The third-order valence-electron chi connectivity index (χ3n) is 6.78. The molecule has 4 heterocycles. The Morgan fingerprint density at radius 2 is 1.89 bits per heavy atom. The van der Waals surface area contributed by atoms with Crippen molar-refractivity contribution in [2.75, 3.05) is 23.0 Å². The van der Waals surface area contributed by atoms with Crippen LogP contribution < -0.4 is 15.2 Å². The summed E-state index contributed by atoms with van der Waals surface area (Å²) >= 11 is 0.926. The zero-order chi connectivity index (χ0) is 26.8. The normalized spacial score (nSPS) is 17.8. The van der Waals surface area contributed by atoms with Gasteiger partial charge in [-0.25, -0.2) is 9.78 Å². The lowest BCUT2D eigenvalue weighted by atomic mass is 9.84. The first-order valence-electron chi connectivity index (χ1n) is 11.9. The number of carbonyl (C=O) groups is 3. The Labute approximate surface area is 220 Å². The lowest BCUT2D eigenvalue weighted by Gasteiger charge is -2.32. The molecule has 1 spiro atoms. The molecular weight excluding hydrogens is 506 g/mol. The summed E-state index contributed by atoms with van der Waals surface area (Å²) in [6, 6.07) is 13.6. The number of ether oxygens (including phenoxy) is 1. The van der Waals surface area contributed by atoms with E-state index in [1.165, 1.54) is 9.80 Å². The van der Waals surface area contributed by atoms with Crippen LogP contribution >= 0.6 is 11.3 Å². The van der Waals surface area contributed by atoms with Gasteiger partial charge in [-0.2, -0.15) is 0 Å². The number of anilines is 2. The summed E-state index contributed by atoms with van der Waals surface area (Å²) < 4.78 is 11.2. The van der Waals surface area contributed by atoms with E-state index in [9.17, 15) is 19.2 Å². The van der Waals surface area contributed by atoms with Crippen molar-refractivity contribution in [2.24, 2.45) is 0 Å². The van der Waals surface area contributed by atoms with Crippen LogP contribution in [-0.2, 0) is 15.1 Å². The fourth-order valence-corrected chi connectivity index (χ4v) is 6.30. The molecular formula is C28H21N3O6S. The molecule has 0 radical (unpaired) electrons. The second-order valence-electron chi connectivity index (χ2n) is 8.84. The van der Waals surface area contributed by atoms with Crippen LogP contribution in [-0.4, -0.2) is 35.9 Å². The summed E-state index contributed by atoms with van der Waals surface area (Å²) in [6.07, 6.45) is 1.57. The molecule has 4 aromatic rings. The van der Waals surface area contributed by atoms with Crippen LogP contribution in [0.2, 0.25) is 0 Å². The van der Waals surface area contributed by atoms with E-state index >= 15 is 0 Å². The number of aromatic nitrogens is 1. The van der Waals surface area contributed by atoms with E-state index in [0.717, 1.165) is 11.3 Å². The van der Waals surface area contributed by atoms with Gasteiger partial charge in [0.1, 0.15) is 10.5 Å². The molecule has 6 rings (SSSR count). The van der Waals surface area contributed by atoms with Crippen molar-refractivity contribution in [1.29, 1.82) is 0 Å². The molecule has 0 saturated heterocycles. The van der Waals surface area contributed by atoms with Crippen LogP contribution in [0.1, 0.15) is 44.0 Å². The zero-order valence-corrected chi connectivity index (χ0v) is 21.3. The topological polar surface area (TPSA) is 110 Å². The van der Waals surface area contributed by atoms with Crippen molar-refractivity contribution in [1.82, 2.24) is 4.98 Å². The average Bonchev–Trinajstić information content (AvgIpc) is 3.50. The van der Waals surface area contributed by atoms with Gasteiger partial charge in [0.25, 0.3) is 11.8 Å². The van der Waals surface area contributed by atoms with E-state index in [1.807, 2.05) is 0 Å². The monoisotopic (exact) mass is 527 g/mol. The molecule has 1 atom stereocenters. The van der Waals surface area contributed by atoms with Gasteiger partial charge in [0.2, 0.25) is 5.76 Å². The second-order valence-corrected chi connectivity index (χ2v) is 9.81. The molecule has 0 N–H and O–H groups in total. The minimum atomic E-state index is -1.88. The molecule has 1 unspecified atom stereocenters. The molecule has 9 nitrogen and oxygen atoms in total. The van der Waals surface area contributed by atoms with E-state index in [4.69, 9.17) is 9.15 Å². The van der Waals surface area contributed by atoms with Crippen molar-refractivity contribution in [3.63, 3.8) is 0 Å². The van der Waals surface area contributed by atoms with E-state index in [2.05, 4.69) is 11.6 Å². The molecule has 2 aromatic carbocycles. The molecule has 0 aliphatic carbocycles. The first kappa shape index (κ1) is 23.8. The number of para-hydroxylation sites is 2. The van der Waals surface area contributed by atoms with E-state index in [0.29, 0.717) is 16.9 Å². The minimum Gasteiger partial charge on any atom is -0.462 e. The van der Waals surface area contributed by atoms with Crippen LogP contribution in [0, 0.1) is 6.92 Å². The third-order valence-corrected chi connectivity index (χ3v) is 7.90. The van der Waals surface area contributed by atoms with Gasteiger partial charge in [-0.1, -0.05) is 47.7 Å². The molecule has 0 fully saturated rings. The summed E-state index contributed by atoms with van der Waals surface area (Å²) in [5.41, 5.74) is -0.899. The van der Waals surface area contributed by atoms with Gasteiger partial charge in [0, 0.05) is 12.1 Å². The average molecular weight is 528 g/mol. The molecule has 38 heavy (non-hydrogen) atoms. The number of nitrogens with zero attached hydrogens (tertiary/aromatic N) is 3. The maximum absolute atomic E-state index is 14.5. The summed E-state index contributed by atoms with van der Waals surface area (Å²) in [5.74, 6) is -2.03. The summed E-state index contributed by atoms with van der Waals surface area (Å²) in [4.78, 5) is 62.7. The zero-order valence-electron chi connectivity index (χ0n) is 20.5. The minimum absolute atomic E-state index is 0.0734. The molecule has 0 saturated carbocycles. The van der Waals surface area contributed by atoms with Crippen molar-refractivity contribution < 1.29 is 23.5 Å². The number of rotatable bonds is 5. The summed E-state index contributed by atoms with van der Waals surface area (Å²) in [5, 5.41) is 0.323. The highest BCUT2D eigenvalue weighted by atomic mass is 32.1. The quantitative estimate of drug-likeness (QED) is 0.283. The van der Waals surface area contributed by atoms with Crippen LogP contribution in [0.5, 0.6) is 0 Å². The number of carbonyl (C=O) groups excluding carboxylic acids is 3. The molecule has 10 heteroatoms. The van der Waals surface area contributed by atoms with Crippen LogP contribution in [0.3, 0.4) is 0 Å². The number of benzene rings is 2. The highest BCUT2D eigenvalue weighted by molar-refractivity contribution is 7.17. The lowest BCUT2D eigenvalue weighted by Crippen LogP contribution is -2.53.